The third kappa shape index (κ3) is 4.95. The van der Waals surface area contributed by atoms with E-state index < -0.39 is 10.0 Å². The Hall–Kier alpha value is -0.860. The maximum absolute atomic E-state index is 12.8. The van der Waals surface area contributed by atoms with E-state index in [0.29, 0.717) is 39.1 Å². The van der Waals surface area contributed by atoms with Gasteiger partial charge in [0.2, 0.25) is 15.9 Å². The molecule has 2 saturated heterocycles. The second-order valence-corrected chi connectivity index (χ2v) is 9.68. The third-order valence-corrected chi connectivity index (χ3v) is 8.09. The summed E-state index contributed by atoms with van der Waals surface area (Å²) in [6.45, 7) is 4.36. The van der Waals surface area contributed by atoms with Gasteiger partial charge < -0.3 is 9.80 Å². The molecule has 0 bridgehead atoms. The first-order valence-corrected chi connectivity index (χ1v) is 11.5. The van der Waals surface area contributed by atoms with Crippen molar-refractivity contribution in [3.63, 3.8) is 0 Å². The lowest BCUT2D eigenvalue weighted by molar-refractivity contribution is -0.132. The van der Waals surface area contributed by atoms with Crippen LogP contribution in [0.25, 0.3) is 0 Å². The maximum atomic E-state index is 12.8. The summed E-state index contributed by atoms with van der Waals surface area (Å²) >= 11 is 12.1. The fourth-order valence-electron chi connectivity index (χ4n) is 3.57. The predicted molar refractivity (Wildman–Crippen MR) is 107 cm³/mol. The van der Waals surface area contributed by atoms with Crippen LogP contribution in [-0.2, 0) is 14.8 Å². The molecule has 0 saturated carbocycles. The summed E-state index contributed by atoms with van der Waals surface area (Å²) < 4.78 is 27.1. The van der Waals surface area contributed by atoms with Crippen molar-refractivity contribution in [3.05, 3.63) is 28.2 Å². The van der Waals surface area contributed by atoms with Crippen molar-refractivity contribution < 1.29 is 13.2 Å². The molecule has 1 aromatic carbocycles. The molecule has 0 aliphatic carbocycles. The van der Waals surface area contributed by atoms with E-state index in [9.17, 15) is 13.2 Å². The molecule has 3 rings (SSSR count). The molecule has 27 heavy (non-hydrogen) atoms. The SMILES string of the molecule is O=C(CCN1CCN(S(=O)(=O)c2cccc(Cl)c2Cl)CC1)N1CCCCC1. The van der Waals surface area contributed by atoms with Crippen LogP contribution in [0.1, 0.15) is 25.7 Å². The summed E-state index contributed by atoms with van der Waals surface area (Å²) in [6, 6.07) is 4.64. The van der Waals surface area contributed by atoms with Crippen molar-refractivity contribution in [1.82, 2.24) is 14.1 Å². The fourth-order valence-corrected chi connectivity index (χ4v) is 5.73. The van der Waals surface area contributed by atoms with E-state index in [-0.39, 0.29) is 20.8 Å². The Kier molecular flexibility index (Phi) is 7.03. The summed E-state index contributed by atoms with van der Waals surface area (Å²) in [6.07, 6.45) is 3.88. The van der Waals surface area contributed by atoms with E-state index in [1.165, 1.54) is 16.8 Å². The van der Waals surface area contributed by atoms with Crippen molar-refractivity contribution in [2.75, 3.05) is 45.8 Å². The first-order valence-electron chi connectivity index (χ1n) is 9.34. The van der Waals surface area contributed by atoms with Gasteiger partial charge >= 0.3 is 0 Å². The van der Waals surface area contributed by atoms with Crippen LogP contribution in [0.4, 0.5) is 0 Å². The summed E-state index contributed by atoms with van der Waals surface area (Å²) in [5.74, 6) is 0.204. The van der Waals surface area contributed by atoms with Gasteiger partial charge in [0.1, 0.15) is 4.90 Å². The maximum Gasteiger partial charge on any atom is 0.244 e. The van der Waals surface area contributed by atoms with Crippen LogP contribution in [0.15, 0.2) is 23.1 Å². The average Bonchev–Trinajstić information content (AvgIpc) is 2.69. The largest absolute Gasteiger partial charge is 0.343 e. The number of likely N-dealkylation sites (tertiary alicyclic amines) is 1. The van der Waals surface area contributed by atoms with E-state index in [1.807, 2.05) is 4.90 Å². The number of piperidine rings is 1. The minimum absolute atomic E-state index is 0.0467. The second kappa shape index (κ2) is 9.09. The smallest absolute Gasteiger partial charge is 0.244 e. The quantitative estimate of drug-likeness (QED) is 0.715. The number of nitrogens with zero attached hydrogens (tertiary/aromatic N) is 3. The predicted octanol–water partition coefficient (Wildman–Crippen LogP) is 2.70. The minimum Gasteiger partial charge on any atom is -0.343 e. The Balaban J connectivity index is 1.52. The molecular weight excluding hydrogens is 409 g/mol. The van der Waals surface area contributed by atoms with Gasteiger partial charge in [-0.15, -0.1) is 0 Å². The van der Waals surface area contributed by atoms with E-state index in [4.69, 9.17) is 23.2 Å². The molecule has 2 fully saturated rings. The number of sulfonamides is 1. The number of hydrogen-bond donors (Lipinski definition) is 0. The van der Waals surface area contributed by atoms with Gasteiger partial charge in [-0.1, -0.05) is 29.3 Å². The molecule has 9 heteroatoms. The van der Waals surface area contributed by atoms with Crippen LogP contribution in [0.3, 0.4) is 0 Å². The third-order valence-electron chi connectivity index (χ3n) is 5.22. The molecular formula is C18H25Cl2N3O3S. The molecule has 0 unspecified atom stereocenters. The highest BCUT2D eigenvalue weighted by Crippen LogP contribution is 2.31. The van der Waals surface area contributed by atoms with Gasteiger partial charge in [0.25, 0.3) is 0 Å². The van der Waals surface area contributed by atoms with Gasteiger partial charge in [0.05, 0.1) is 10.0 Å². The Morgan fingerprint density at radius 1 is 0.963 bits per heavy atom. The molecule has 2 heterocycles. The lowest BCUT2D eigenvalue weighted by Gasteiger charge is -2.34. The Bertz CT molecular complexity index is 774. The highest BCUT2D eigenvalue weighted by molar-refractivity contribution is 7.89. The Morgan fingerprint density at radius 3 is 2.30 bits per heavy atom. The van der Waals surface area contributed by atoms with Crippen LogP contribution >= 0.6 is 23.2 Å². The standard InChI is InChI=1S/C18H25Cl2N3O3S/c19-15-5-4-6-16(18(15)20)27(25,26)23-13-11-21(12-14-23)10-7-17(24)22-8-2-1-3-9-22/h4-6H,1-3,7-14H2. The number of rotatable bonds is 5. The lowest BCUT2D eigenvalue weighted by Crippen LogP contribution is -2.49. The van der Waals surface area contributed by atoms with Gasteiger partial charge in [-0.3, -0.25) is 4.79 Å². The van der Waals surface area contributed by atoms with Crippen LogP contribution < -0.4 is 0 Å². The summed E-state index contributed by atoms with van der Waals surface area (Å²) in [7, 11) is -3.67. The zero-order valence-corrected chi connectivity index (χ0v) is 17.6. The number of carbonyl (C=O) groups is 1. The van der Waals surface area contributed by atoms with E-state index in [0.717, 1.165) is 25.9 Å². The van der Waals surface area contributed by atoms with Gasteiger partial charge in [0, 0.05) is 52.2 Å². The molecule has 6 nitrogen and oxygen atoms in total. The molecule has 1 amide bonds. The van der Waals surface area contributed by atoms with Gasteiger partial charge in [-0.05, 0) is 31.4 Å². The molecule has 0 N–H and O–H groups in total. The first kappa shape index (κ1) is 20.9. The molecule has 150 valence electrons. The summed E-state index contributed by atoms with van der Waals surface area (Å²) in [5.41, 5.74) is 0. The molecule has 1 aromatic rings. The monoisotopic (exact) mass is 433 g/mol. The molecule has 0 atom stereocenters. The highest BCUT2D eigenvalue weighted by atomic mass is 35.5. The van der Waals surface area contributed by atoms with Crippen molar-refractivity contribution >= 4 is 39.1 Å². The first-order chi connectivity index (χ1) is 12.9. The van der Waals surface area contributed by atoms with Crippen molar-refractivity contribution in [2.24, 2.45) is 0 Å². The van der Waals surface area contributed by atoms with Gasteiger partial charge in [0.15, 0.2) is 0 Å². The fraction of sp³-hybridized carbons (Fsp3) is 0.611. The number of benzene rings is 1. The number of hydrogen-bond acceptors (Lipinski definition) is 4. The molecule has 0 aromatic heterocycles. The molecule has 0 spiro atoms. The summed E-state index contributed by atoms with van der Waals surface area (Å²) in [4.78, 5) is 16.4. The topological polar surface area (TPSA) is 60.9 Å². The van der Waals surface area contributed by atoms with E-state index in [1.54, 1.807) is 12.1 Å². The van der Waals surface area contributed by atoms with Crippen LogP contribution in [-0.4, -0.2) is 74.2 Å². The van der Waals surface area contributed by atoms with Gasteiger partial charge in [-0.25, -0.2) is 8.42 Å². The van der Waals surface area contributed by atoms with Crippen molar-refractivity contribution in [1.29, 1.82) is 0 Å². The lowest BCUT2D eigenvalue weighted by atomic mass is 10.1. The van der Waals surface area contributed by atoms with Crippen LogP contribution in [0, 0.1) is 0 Å². The number of halogens is 2. The Labute approximate surface area is 171 Å². The second-order valence-electron chi connectivity index (χ2n) is 6.99. The van der Waals surface area contributed by atoms with Gasteiger partial charge in [-0.2, -0.15) is 4.31 Å². The normalized spacial score (nSPS) is 20.0. The van der Waals surface area contributed by atoms with Crippen LogP contribution in [0.2, 0.25) is 10.0 Å². The zero-order chi connectivity index (χ0) is 19.4. The Morgan fingerprint density at radius 2 is 1.63 bits per heavy atom. The summed E-state index contributed by atoms with van der Waals surface area (Å²) in [5, 5.41) is 0.293. The van der Waals surface area contributed by atoms with Crippen molar-refractivity contribution in [2.45, 2.75) is 30.6 Å². The number of carbonyl (C=O) groups excluding carboxylic acids is 1. The average molecular weight is 434 g/mol. The minimum atomic E-state index is -3.67. The number of piperazine rings is 1. The van der Waals surface area contributed by atoms with E-state index in [2.05, 4.69) is 4.90 Å². The highest BCUT2D eigenvalue weighted by Gasteiger charge is 2.30. The van der Waals surface area contributed by atoms with Crippen LogP contribution in [0.5, 0.6) is 0 Å². The zero-order valence-electron chi connectivity index (χ0n) is 15.2. The molecule has 2 aliphatic rings. The van der Waals surface area contributed by atoms with E-state index >= 15 is 0 Å². The van der Waals surface area contributed by atoms with Crippen molar-refractivity contribution in [3.8, 4) is 0 Å². The molecule has 0 radical (unpaired) electrons. The number of amides is 1. The molecule has 2 aliphatic heterocycles.